The molecular weight excluding hydrogens is 658 g/mol. The molecule has 0 unspecified atom stereocenters. The monoisotopic (exact) mass is 690 g/mol. The average Bonchev–Trinajstić information content (AvgIpc) is 3.18. The van der Waals surface area contributed by atoms with Gasteiger partial charge in [-0.15, -0.1) is 0 Å². The Bertz CT molecular complexity index is 1350. The van der Waals surface area contributed by atoms with E-state index >= 15 is 0 Å². The third kappa shape index (κ3) is 14.3. The van der Waals surface area contributed by atoms with Gasteiger partial charge in [-0.05, 0) is 72.8 Å². The number of hydrogen-bond acceptors (Lipinski definition) is 0. The fourth-order valence-electron chi connectivity index (χ4n) is 4.63. The van der Waals surface area contributed by atoms with Gasteiger partial charge in [0.05, 0.1) is 15.8 Å². The van der Waals surface area contributed by atoms with Crippen molar-refractivity contribution in [2.75, 3.05) is 0 Å². The van der Waals surface area contributed by atoms with Gasteiger partial charge in [-0.2, -0.15) is 0 Å². The van der Waals surface area contributed by atoms with E-state index < -0.39 is 15.8 Å². The first-order valence-electron chi connectivity index (χ1n) is 13.8. The van der Waals surface area contributed by atoms with Gasteiger partial charge in [0, 0.05) is 17.4 Å². The largest absolute Gasteiger partial charge is 0.102 e. The Morgan fingerprint density at radius 3 is 0.447 bits per heavy atom. The summed E-state index contributed by atoms with van der Waals surface area (Å²) in [5, 5.41) is 8.61. The molecule has 7 heteroatoms. The summed E-state index contributed by atoms with van der Waals surface area (Å²) >= 11 is 0. The molecule has 0 amide bonds. The molecule has 0 aromatic heterocycles. The quantitative estimate of drug-likeness (QED) is 0.113. The van der Waals surface area contributed by atoms with E-state index in [0.29, 0.717) is 0 Å². The first-order chi connectivity index (χ1) is 22.9. The van der Waals surface area contributed by atoms with Crippen molar-refractivity contribution in [1.29, 1.82) is 0 Å². The first-order valence-corrected chi connectivity index (χ1v) is 16.8. The molecule has 6 rings (SSSR count). The standard InChI is InChI=1S/2C18H15P.4CO.Cr/c2*1-4-10-16(11-5-1)19(17-12-6-2-7-13-17)18-14-8-3-9-15-18;4*1-2;/h2*1-15H;;;;;/p+2. The van der Waals surface area contributed by atoms with E-state index in [2.05, 4.69) is 209 Å². The summed E-state index contributed by atoms with van der Waals surface area (Å²) in [4.78, 5) is 0. The zero-order chi connectivity index (χ0) is 33.8. The van der Waals surface area contributed by atoms with Crippen LogP contribution >= 0.6 is 15.8 Å². The van der Waals surface area contributed by atoms with Gasteiger partial charge >= 0.3 is 45.2 Å². The Kier molecular flexibility index (Phi) is 25.4. The SMILES string of the molecule is [C-]#[O+].[C-]#[O+].[C-]#[O+].[C-]#[O+].[Cr].c1ccc([PH+](c2ccccc2)c2ccccc2)cc1.c1ccc([PH+](c2ccccc2)c2ccccc2)cc1. The van der Waals surface area contributed by atoms with Crippen LogP contribution in [-0.2, 0) is 36.0 Å². The summed E-state index contributed by atoms with van der Waals surface area (Å²) in [6.07, 6.45) is 0. The summed E-state index contributed by atoms with van der Waals surface area (Å²) in [7, 11) is -1.75. The third-order valence-corrected chi connectivity index (χ3v) is 11.8. The molecule has 0 spiro atoms. The minimum absolute atomic E-state index is 0. The molecule has 0 radical (unpaired) electrons. The van der Waals surface area contributed by atoms with Crippen molar-refractivity contribution >= 4 is 47.7 Å². The molecule has 0 atom stereocenters. The fourth-order valence-corrected chi connectivity index (χ4v) is 9.78. The fraction of sp³-hybridized carbons (Fsp3) is 0. The maximum absolute atomic E-state index is 7.50. The van der Waals surface area contributed by atoms with E-state index in [1.165, 1.54) is 31.8 Å². The Morgan fingerprint density at radius 1 is 0.234 bits per heavy atom. The van der Waals surface area contributed by atoms with Crippen LogP contribution in [0.3, 0.4) is 0 Å². The third-order valence-electron chi connectivity index (χ3n) is 6.37. The molecule has 47 heavy (non-hydrogen) atoms. The molecule has 0 fully saturated rings. The molecule has 0 aliphatic rings. The minimum Gasteiger partial charge on any atom is -0.0620 e. The summed E-state index contributed by atoms with van der Waals surface area (Å²) in [5.74, 6) is 0. The molecule has 6 aromatic carbocycles. The second kappa shape index (κ2) is 27.9. The topological polar surface area (TPSA) is 79.6 Å². The second-order valence-electron chi connectivity index (χ2n) is 8.95. The molecule has 0 saturated heterocycles. The summed E-state index contributed by atoms with van der Waals surface area (Å²) in [6.45, 7) is 18.0. The van der Waals surface area contributed by atoms with Crippen LogP contribution in [0.1, 0.15) is 0 Å². The van der Waals surface area contributed by atoms with Gasteiger partial charge in [0.25, 0.3) is 0 Å². The predicted molar refractivity (Wildman–Crippen MR) is 189 cm³/mol. The maximum atomic E-state index is 7.50. The molecule has 0 bridgehead atoms. The van der Waals surface area contributed by atoms with Crippen molar-refractivity contribution in [3.63, 3.8) is 0 Å². The van der Waals surface area contributed by atoms with Crippen molar-refractivity contribution in [3.8, 4) is 0 Å². The Morgan fingerprint density at radius 2 is 0.340 bits per heavy atom. The molecule has 230 valence electrons. The maximum Gasteiger partial charge on any atom is 0.102 e. The van der Waals surface area contributed by atoms with Gasteiger partial charge in [-0.1, -0.05) is 109 Å². The zero-order valence-corrected chi connectivity index (χ0v) is 28.6. The smallest absolute Gasteiger partial charge is 0.0620 e. The molecule has 6 aromatic rings. The van der Waals surface area contributed by atoms with Crippen LogP contribution < -0.4 is 31.8 Å². The van der Waals surface area contributed by atoms with Crippen LogP contribution in [0, 0.1) is 26.6 Å². The van der Waals surface area contributed by atoms with Crippen LogP contribution in [0.5, 0.6) is 0 Å². The molecule has 4 nitrogen and oxygen atoms in total. The van der Waals surface area contributed by atoms with Crippen LogP contribution in [0.4, 0.5) is 0 Å². The zero-order valence-electron chi connectivity index (χ0n) is 25.4. The molecule has 0 N–H and O–H groups in total. The van der Waals surface area contributed by atoms with Gasteiger partial charge in [0.2, 0.25) is 0 Å². The van der Waals surface area contributed by atoms with E-state index in [1.807, 2.05) is 0 Å². The second-order valence-corrected chi connectivity index (χ2v) is 13.9. The first kappa shape index (κ1) is 42.7. The number of benzene rings is 6. The van der Waals surface area contributed by atoms with E-state index in [0.717, 1.165) is 0 Å². The predicted octanol–water partition coefficient (Wildman–Crippen LogP) is 6.20. The number of hydrogen-bond donors (Lipinski definition) is 0. The van der Waals surface area contributed by atoms with Crippen LogP contribution in [-0.4, -0.2) is 0 Å². The average molecular weight is 691 g/mol. The van der Waals surface area contributed by atoms with Crippen molar-refractivity contribution in [2.24, 2.45) is 0 Å². The van der Waals surface area contributed by atoms with Gasteiger partial charge in [-0.3, -0.25) is 0 Å². The Hall–Kier alpha value is -4.33. The Balaban J connectivity index is 0.000000731. The molecule has 0 aliphatic heterocycles. The van der Waals surface area contributed by atoms with Crippen molar-refractivity contribution in [2.45, 2.75) is 0 Å². The van der Waals surface area contributed by atoms with E-state index in [9.17, 15) is 0 Å². The molecule has 0 saturated carbocycles. The van der Waals surface area contributed by atoms with Crippen LogP contribution in [0.25, 0.3) is 0 Å². The number of rotatable bonds is 6. The van der Waals surface area contributed by atoms with Crippen molar-refractivity contribution in [3.05, 3.63) is 209 Å². The van der Waals surface area contributed by atoms with Gasteiger partial charge in [-0.25, -0.2) is 0 Å². The van der Waals surface area contributed by atoms with Crippen LogP contribution in [0.15, 0.2) is 182 Å². The van der Waals surface area contributed by atoms with Crippen molar-refractivity contribution in [1.82, 2.24) is 0 Å². The van der Waals surface area contributed by atoms with Crippen molar-refractivity contribution < 1.29 is 36.0 Å². The summed E-state index contributed by atoms with van der Waals surface area (Å²) < 4.78 is 30.0. The summed E-state index contributed by atoms with van der Waals surface area (Å²) in [5.41, 5.74) is 0. The van der Waals surface area contributed by atoms with Gasteiger partial charge in [0.1, 0.15) is 31.8 Å². The molecular formula is C40H32CrO4P2+2. The van der Waals surface area contributed by atoms with E-state index in [-0.39, 0.29) is 17.4 Å². The normalized spacial score (nSPS) is 8.72. The van der Waals surface area contributed by atoms with E-state index in [1.54, 1.807) is 0 Å². The summed E-state index contributed by atoms with van der Waals surface area (Å²) in [6, 6.07) is 65.0. The van der Waals surface area contributed by atoms with Gasteiger partial charge < -0.3 is 0 Å². The van der Waals surface area contributed by atoms with Gasteiger partial charge in [0.15, 0.2) is 0 Å². The molecule has 0 aliphatic carbocycles. The minimum atomic E-state index is -0.877. The Labute approximate surface area is 291 Å². The van der Waals surface area contributed by atoms with E-state index in [4.69, 9.17) is 18.6 Å². The van der Waals surface area contributed by atoms with Crippen LogP contribution in [0.2, 0.25) is 0 Å². The molecule has 0 heterocycles.